The minimum Gasteiger partial charge on any atom is -0.508 e. The van der Waals surface area contributed by atoms with Crippen LogP contribution in [0.25, 0.3) is 22.4 Å². The van der Waals surface area contributed by atoms with Crippen molar-refractivity contribution in [2.24, 2.45) is 0 Å². The number of hydrogen-bond donors (Lipinski definition) is 1. The number of imidazole rings is 1. The molecule has 0 bridgehead atoms. The lowest BCUT2D eigenvalue weighted by molar-refractivity contribution is 0.475. The molecule has 96 valence electrons. The molecule has 3 aromatic rings. The second kappa shape index (κ2) is 4.39. The van der Waals surface area contributed by atoms with E-state index in [4.69, 9.17) is 0 Å². The number of rotatable bonds is 2. The van der Waals surface area contributed by atoms with Crippen molar-refractivity contribution in [1.82, 2.24) is 9.55 Å². The summed E-state index contributed by atoms with van der Waals surface area (Å²) < 4.78 is 15.3. The lowest BCUT2D eigenvalue weighted by Gasteiger charge is -2.06. The van der Waals surface area contributed by atoms with Crippen molar-refractivity contribution >= 4 is 11.0 Å². The highest BCUT2D eigenvalue weighted by Gasteiger charge is 2.12. The van der Waals surface area contributed by atoms with E-state index in [1.165, 1.54) is 12.1 Å². The fourth-order valence-corrected chi connectivity index (χ4v) is 2.29. The summed E-state index contributed by atoms with van der Waals surface area (Å²) in [5.41, 5.74) is 2.33. The maximum atomic E-state index is 13.3. The molecule has 3 rings (SSSR count). The standard InChI is InChI=1S/C15H13FN2O/c1-2-18-14-7-6-11(16)9-13(14)17-15(18)10-4-3-5-12(19)8-10/h3-9,19H,2H2,1H3. The fraction of sp³-hybridized carbons (Fsp3) is 0.133. The highest BCUT2D eigenvalue weighted by atomic mass is 19.1. The molecule has 1 N–H and O–H groups in total. The van der Waals surface area contributed by atoms with Gasteiger partial charge in [-0.15, -0.1) is 0 Å². The molecule has 0 saturated heterocycles. The molecule has 1 aromatic heterocycles. The van der Waals surface area contributed by atoms with E-state index in [0.717, 1.165) is 23.4 Å². The van der Waals surface area contributed by atoms with Crippen LogP contribution in [0.15, 0.2) is 42.5 Å². The fourth-order valence-electron chi connectivity index (χ4n) is 2.29. The lowest BCUT2D eigenvalue weighted by atomic mass is 10.2. The van der Waals surface area contributed by atoms with Crippen molar-refractivity contribution in [2.75, 3.05) is 0 Å². The van der Waals surface area contributed by atoms with Crippen LogP contribution in [0.1, 0.15) is 6.92 Å². The van der Waals surface area contributed by atoms with E-state index in [1.54, 1.807) is 24.3 Å². The molecule has 4 heteroatoms. The molecule has 0 aliphatic heterocycles. The Morgan fingerprint density at radius 3 is 2.79 bits per heavy atom. The van der Waals surface area contributed by atoms with E-state index in [9.17, 15) is 9.50 Å². The third-order valence-corrected chi connectivity index (χ3v) is 3.13. The predicted molar refractivity (Wildman–Crippen MR) is 72.5 cm³/mol. The number of nitrogens with zero attached hydrogens (tertiary/aromatic N) is 2. The summed E-state index contributed by atoms with van der Waals surface area (Å²) in [6, 6.07) is 11.5. The van der Waals surface area contributed by atoms with Gasteiger partial charge in [-0.05, 0) is 31.2 Å². The largest absolute Gasteiger partial charge is 0.508 e. The number of aryl methyl sites for hydroxylation is 1. The van der Waals surface area contributed by atoms with Gasteiger partial charge in [-0.2, -0.15) is 0 Å². The summed E-state index contributed by atoms with van der Waals surface area (Å²) in [4.78, 5) is 4.47. The Balaban J connectivity index is 2.28. The monoisotopic (exact) mass is 256 g/mol. The number of hydrogen-bond acceptors (Lipinski definition) is 2. The number of aromatic hydroxyl groups is 1. The van der Waals surface area contributed by atoms with Crippen LogP contribution in [-0.2, 0) is 6.54 Å². The Morgan fingerprint density at radius 2 is 2.05 bits per heavy atom. The van der Waals surface area contributed by atoms with Crippen LogP contribution >= 0.6 is 0 Å². The van der Waals surface area contributed by atoms with Gasteiger partial charge in [-0.1, -0.05) is 12.1 Å². The molecular weight excluding hydrogens is 243 g/mol. The van der Waals surface area contributed by atoms with Gasteiger partial charge >= 0.3 is 0 Å². The maximum absolute atomic E-state index is 13.3. The summed E-state index contributed by atoms with van der Waals surface area (Å²) in [6.45, 7) is 2.74. The van der Waals surface area contributed by atoms with Crippen LogP contribution in [0.3, 0.4) is 0 Å². The SMILES string of the molecule is CCn1c(-c2cccc(O)c2)nc2cc(F)ccc21. The van der Waals surface area contributed by atoms with Crippen molar-refractivity contribution in [2.45, 2.75) is 13.5 Å². The van der Waals surface area contributed by atoms with Gasteiger partial charge in [0.1, 0.15) is 17.4 Å². The van der Waals surface area contributed by atoms with E-state index < -0.39 is 0 Å². The summed E-state index contributed by atoms with van der Waals surface area (Å²) in [7, 11) is 0. The molecule has 0 amide bonds. The van der Waals surface area contributed by atoms with Crippen molar-refractivity contribution in [1.29, 1.82) is 0 Å². The van der Waals surface area contributed by atoms with E-state index in [2.05, 4.69) is 4.98 Å². The Labute approximate surface area is 109 Å². The van der Waals surface area contributed by atoms with E-state index in [0.29, 0.717) is 5.52 Å². The topological polar surface area (TPSA) is 38.0 Å². The van der Waals surface area contributed by atoms with Gasteiger partial charge in [0.15, 0.2) is 0 Å². The van der Waals surface area contributed by atoms with Crippen LogP contribution in [-0.4, -0.2) is 14.7 Å². The molecule has 0 radical (unpaired) electrons. The second-order valence-electron chi connectivity index (χ2n) is 4.36. The number of benzene rings is 2. The Morgan fingerprint density at radius 1 is 1.21 bits per heavy atom. The molecule has 0 aliphatic carbocycles. The number of phenols is 1. The smallest absolute Gasteiger partial charge is 0.141 e. The van der Waals surface area contributed by atoms with Crippen molar-refractivity contribution in [3.63, 3.8) is 0 Å². The zero-order chi connectivity index (χ0) is 13.4. The third kappa shape index (κ3) is 1.95. The molecule has 0 saturated carbocycles. The summed E-state index contributed by atoms with van der Waals surface area (Å²) >= 11 is 0. The van der Waals surface area contributed by atoms with Gasteiger partial charge in [-0.3, -0.25) is 0 Å². The van der Waals surface area contributed by atoms with Gasteiger partial charge in [-0.25, -0.2) is 9.37 Å². The predicted octanol–water partition coefficient (Wildman–Crippen LogP) is 3.57. The van der Waals surface area contributed by atoms with E-state index in [1.807, 2.05) is 17.6 Å². The summed E-state index contributed by atoms with van der Waals surface area (Å²) in [5.74, 6) is 0.633. The highest BCUT2D eigenvalue weighted by Crippen LogP contribution is 2.27. The van der Waals surface area contributed by atoms with Crippen LogP contribution in [0.2, 0.25) is 0 Å². The van der Waals surface area contributed by atoms with Crippen LogP contribution < -0.4 is 0 Å². The quantitative estimate of drug-likeness (QED) is 0.761. The highest BCUT2D eigenvalue weighted by molar-refractivity contribution is 5.80. The molecule has 2 aromatic carbocycles. The normalized spacial score (nSPS) is 11.1. The molecule has 19 heavy (non-hydrogen) atoms. The Hall–Kier alpha value is -2.36. The third-order valence-electron chi connectivity index (χ3n) is 3.13. The minimum absolute atomic E-state index is 0.193. The van der Waals surface area contributed by atoms with Gasteiger partial charge in [0.25, 0.3) is 0 Å². The molecule has 0 spiro atoms. The van der Waals surface area contributed by atoms with Gasteiger partial charge in [0, 0.05) is 18.2 Å². The average molecular weight is 256 g/mol. The Bertz CT molecular complexity index is 749. The van der Waals surface area contributed by atoms with E-state index in [-0.39, 0.29) is 11.6 Å². The molecule has 0 fully saturated rings. The van der Waals surface area contributed by atoms with E-state index >= 15 is 0 Å². The molecule has 3 nitrogen and oxygen atoms in total. The van der Waals surface area contributed by atoms with Gasteiger partial charge in [0.05, 0.1) is 11.0 Å². The van der Waals surface area contributed by atoms with Crippen LogP contribution in [0, 0.1) is 5.82 Å². The first kappa shape index (κ1) is 11.7. The summed E-state index contributed by atoms with van der Waals surface area (Å²) in [6.07, 6.45) is 0. The first-order valence-corrected chi connectivity index (χ1v) is 6.14. The molecule has 0 aliphatic rings. The molecular formula is C15H13FN2O. The Kier molecular flexibility index (Phi) is 2.71. The van der Waals surface area contributed by atoms with Crippen molar-refractivity contribution in [3.8, 4) is 17.1 Å². The van der Waals surface area contributed by atoms with Crippen LogP contribution in [0.5, 0.6) is 5.75 Å². The second-order valence-corrected chi connectivity index (χ2v) is 4.36. The van der Waals surface area contributed by atoms with Gasteiger partial charge < -0.3 is 9.67 Å². The van der Waals surface area contributed by atoms with Crippen molar-refractivity contribution < 1.29 is 9.50 Å². The number of aromatic nitrogens is 2. The number of fused-ring (bicyclic) bond motifs is 1. The first-order chi connectivity index (χ1) is 9.19. The number of phenolic OH excluding ortho intramolecular Hbond substituents is 1. The maximum Gasteiger partial charge on any atom is 0.141 e. The van der Waals surface area contributed by atoms with Crippen molar-refractivity contribution in [3.05, 3.63) is 48.3 Å². The minimum atomic E-state index is -0.296. The molecule has 1 heterocycles. The molecule has 0 atom stereocenters. The summed E-state index contributed by atoms with van der Waals surface area (Å²) in [5, 5.41) is 9.56. The lowest BCUT2D eigenvalue weighted by Crippen LogP contribution is -1.97. The zero-order valence-electron chi connectivity index (χ0n) is 10.5. The van der Waals surface area contributed by atoms with Crippen LogP contribution in [0.4, 0.5) is 4.39 Å². The zero-order valence-corrected chi connectivity index (χ0v) is 10.5. The number of halogens is 1. The average Bonchev–Trinajstić information content (AvgIpc) is 2.76. The first-order valence-electron chi connectivity index (χ1n) is 6.14. The molecule has 0 unspecified atom stereocenters. The van der Waals surface area contributed by atoms with Gasteiger partial charge in [0.2, 0.25) is 0 Å².